The van der Waals surface area contributed by atoms with Crippen molar-refractivity contribution in [3.63, 3.8) is 0 Å². The van der Waals surface area contributed by atoms with Crippen LogP contribution in [0.15, 0.2) is 54.6 Å². The van der Waals surface area contributed by atoms with Crippen LogP contribution in [0.1, 0.15) is 19.4 Å². The Morgan fingerprint density at radius 1 is 0.906 bits per heavy atom. The van der Waals surface area contributed by atoms with Crippen molar-refractivity contribution in [2.24, 2.45) is 0 Å². The van der Waals surface area contributed by atoms with Gasteiger partial charge < -0.3 is 25.8 Å². The van der Waals surface area contributed by atoms with Gasteiger partial charge in [-0.05, 0) is 43.7 Å². The van der Waals surface area contributed by atoms with E-state index in [1.165, 1.54) is 0 Å². The van der Waals surface area contributed by atoms with E-state index < -0.39 is 6.03 Å². The average Bonchev–Trinajstić information content (AvgIpc) is 2.79. The quantitative estimate of drug-likeness (QED) is 0.619. The number of carbonyl (C=O) groups excluding carboxylic acids is 3. The third-order valence-electron chi connectivity index (χ3n) is 5.18. The number of urea groups is 1. The molecule has 0 aliphatic carbocycles. The fraction of sp³-hybridized carbons (Fsp3) is 0.375. The molecule has 0 saturated carbocycles. The van der Waals surface area contributed by atoms with E-state index >= 15 is 0 Å². The van der Waals surface area contributed by atoms with Gasteiger partial charge in [-0.15, -0.1) is 0 Å². The normalized spacial score (nSPS) is 13.6. The second kappa shape index (κ2) is 11.2. The zero-order valence-electron chi connectivity index (χ0n) is 18.6. The van der Waals surface area contributed by atoms with E-state index in [-0.39, 0.29) is 30.8 Å². The number of carbonyl (C=O) groups is 3. The largest absolute Gasteiger partial charge is 0.368 e. The van der Waals surface area contributed by atoms with Crippen LogP contribution in [0.25, 0.3) is 0 Å². The van der Waals surface area contributed by atoms with E-state index in [1.54, 1.807) is 29.2 Å². The van der Waals surface area contributed by atoms with Crippen LogP contribution >= 0.6 is 0 Å². The number of rotatable bonds is 7. The van der Waals surface area contributed by atoms with Gasteiger partial charge in [0.15, 0.2) is 0 Å². The molecule has 0 bridgehead atoms. The molecule has 2 aromatic carbocycles. The van der Waals surface area contributed by atoms with Crippen LogP contribution in [0.2, 0.25) is 0 Å². The highest BCUT2D eigenvalue weighted by atomic mass is 16.2. The molecular weight excluding hydrogens is 406 g/mol. The van der Waals surface area contributed by atoms with Crippen molar-refractivity contribution >= 4 is 29.2 Å². The minimum absolute atomic E-state index is 0.0402. The van der Waals surface area contributed by atoms with Crippen molar-refractivity contribution in [2.75, 3.05) is 42.9 Å². The van der Waals surface area contributed by atoms with Crippen molar-refractivity contribution in [3.05, 3.63) is 60.2 Å². The molecule has 1 aliphatic rings. The Bertz CT molecular complexity index is 907. The SMILES string of the molecule is CC(C)NC(=O)Cc1ccc(NC(=O)NCC(=O)N2CCN(c3ccccc3)CC2)cc1. The smallest absolute Gasteiger partial charge is 0.319 e. The highest BCUT2D eigenvalue weighted by Crippen LogP contribution is 2.15. The number of hydrogen-bond donors (Lipinski definition) is 3. The van der Waals surface area contributed by atoms with Gasteiger partial charge in [-0.2, -0.15) is 0 Å². The summed E-state index contributed by atoms with van der Waals surface area (Å²) in [7, 11) is 0. The molecule has 0 unspecified atom stereocenters. The predicted molar refractivity (Wildman–Crippen MR) is 126 cm³/mol. The van der Waals surface area contributed by atoms with Gasteiger partial charge in [0.1, 0.15) is 0 Å². The summed E-state index contributed by atoms with van der Waals surface area (Å²) in [6.45, 7) is 6.57. The molecule has 0 radical (unpaired) electrons. The lowest BCUT2D eigenvalue weighted by Gasteiger charge is -2.36. The van der Waals surface area contributed by atoms with Crippen LogP contribution in [0.5, 0.6) is 0 Å². The molecule has 32 heavy (non-hydrogen) atoms. The van der Waals surface area contributed by atoms with Gasteiger partial charge in [0.05, 0.1) is 13.0 Å². The third kappa shape index (κ3) is 7.01. The van der Waals surface area contributed by atoms with E-state index in [1.807, 2.05) is 32.0 Å². The number of nitrogens with one attached hydrogen (secondary N) is 3. The summed E-state index contributed by atoms with van der Waals surface area (Å²) >= 11 is 0. The zero-order chi connectivity index (χ0) is 22.9. The molecule has 2 aromatic rings. The highest BCUT2D eigenvalue weighted by Gasteiger charge is 2.21. The van der Waals surface area contributed by atoms with Gasteiger partial charge in [-0.25, -0.2) is 4.79 Å². The Morgan fingerprint density at radius 3 is 2.19 bits per heavy atom. The second-order valence-electron chi connectivity index (χ2n) is 8.11. The molecule has 1 aliphatic heterocycles. The molecule has 8 heteroatoms. The first kappa shape index (κ1) is 23.1. The summed E-state index contributed by atoms with van der Waals surface area (Å²) in [5, 5.41) is 8.18. The molecule has 0 atom stereocenters. The second-order valence-corrected chi connectivity index (χ2v) is 8.11. The molecule has 8 nitrogen and oxygen atoms in total. The van der Waals surface area contributed by atoms with Gasteiger partial charge in [-0.1, -0.05) is 30.3 Å². The van der Waals surface area contributed by atoms with Crippen LogP contribution in [-0.4, -0.2) is 61.5 Å². The van der Waals surface area contributed by atoms with Crippen molar-refractivity contribution in [2.45, 2.75) is 26.3 Å². The minimum Gasteiger partial charge on any atom is -0.368 e. The molecule has 1 fully saturated rings. The molecule has 3 N–H and O–H groups in total. The molecule has 0 spiro atoms. The molecule has 170 valence electrons. The van der Waals surface area contributed by atoms with E-state index in [2.05, 4.69) is 33.0 Å². The lowest BCUT2D eigenvalue weighted by Crippen LogP contribution is -2.51. The first-order valence-corrected chi connectivity index (χ1v) is 10.9. The van der Waals surface area contributed by atoms with Gasteiger partial charge in [0, 0.05) is 43.6 Å². The Morgan fingerprint density at radius 2 is 1.56 bits per heavy atom. The number of hydrogen-bond acceptors (Lipinski definition) is 4. The summed E-state index contributed by atoms with van der Waals surface area (Å²) in [5.74, 6) is -0.138. The van der Waals surface area contributed by atoms with Gasteiger partial charge in [-0.3, -0.25) is 9.59 Å². The van der Waals surface area contributed by atoms with Crippen molar-refractivity contribution in [3.8, 4) is 0 Å². The van der Waals surface area contributed by atoms with Crippen LogP contribution < -0.4 is 20.9 Å². The lowest BCUT2D eigenvalue weighted by atomic mass is 10.1. The highest BCUT2D eigenvalue weighted by molar-refractivity contribution is 5.92. The Hall–Kier alpha value is -3.55. The fourth-order valence-corrected chi connectivity index (χ4v) is 3.56. The van der Waals surface area contributed by atoms with E-state index in [4.69, 9.17) is 0 Å². The summed E-state index contributed by atoms with van der Waals surface area (Å²) in [4.78, 5) is 40.5. The molecule has 3 rings (SSSR count). The summed E-state index contributed by atoms with van der Waals surface area (Å²) < 4.78 is 0. The predicted octanol–water partition coefficient (Wildman–Crippen LogP) is 2.22. The maximum Gasteiger partial charge on any atom is 0.319 e. The number of amides is 4. The van der Waals surface area contributed by atoms with E-state index in [0.717, 1.165) is 24.3 Å². The van der Waals surface area contributed by atoms with Crippen molar-refractivity contribution < 1.29 is 14.4 Å². The molecular formula is C24H31N5O3. The molecule has 4 amide bonds. The molecule has 1 heterocycles. The third-order valence-corrected chi connectivity index (χ3v) is 5.18. The number of anilines is 2. The average molecular weight is 438 g/mol. The number of piperazine rings is 1. The molecule has 1 saturated heterocycles. The van der Waals surface area contributed by atoms with Crippen molar-refractivity contribution in [1.82, 2.24) is 15.5 Å². The topological polar surface area (TPSA) is 93.8 Å². The first-order chi connectivity index (χ1) is 15.4. The minimum atomic E-state index is -0.438. The zero-order valence-corrected chi connectivity index (χ0v) is 18.6. The monoisotopic (exact) mass is 437 g/mol. The standard InChI is InChI=1S/C24H31N5O3/c1-18(2)26-22(30)16-19-8-10-20(11-9-19)27-24(32)25-17-23(31)29-14-12-28(13-15-29)21-6-4-3-5-7-21/h3-11,18H,12-17H2,1-2H3,(H,26,30)(H2,25,27,32). The van der Waals surface area contributed by atoms with Crippen LogP contribution in [0.4, 0.5) is 16.2 Å². The van der Waals surface area contributed by atoms with Crippen LogP contribution in [0, 0.1) is 0 Å². The Kier molecular flexibility index (Phi) is 8.08. The first-order valence-electron chi connectivity index (χ1n) is 10.9. The Labute approximate surface area is 189 Å². The maximum atomic E-state index is 12.4. The summed E-state index contributed by atoms with van der Waals surface area (Å²) in [5.41, 5.74) is 2.61. The number of nitrogens with zero attached hydrogens (tertiary/aromatic N) is 2. The number of benzene rings is 2. The van der Waals surface area contributed by atoms with E-state index in [0.29, 0.717) is 18.8 Å². The van der Waals surface area contributed by atoms with Crippen molar-refractivity contribution in [1.29, 1.82) is 0 Å². The molecule has 0 aromatic heterocycles. The fourth-order valence-electron chi connectivity index (χ4n) is 3.56. The summed E-state index contributed by atoms with van der Waals surface area (Å²) in [6.07, 6.45) is 0.288. The van der Waals surface area contributed by atoms with Gasteiger partial charge >= 0.3 is 6.03 Å². The van der Waals surface area contributed by atoms with Gasteiger partial charge in [0.2, 0.25) is 11.8 Å². The Balaban J connectivity index is 1.38. The summed E-state index contributed by atoms with van der Waals surface area (Å²) in [6, 6.07) is 16.9. The maximum absolute atomic E-state index is 12.4. The van der Waals surface area contributed by atoms with Crippen LogP contribution in [-0.2, 0) is 16.0 Å². The van der Waals surface area contributed by atoms with Gasteiger partial charge in [0.25, 0.3) is 0 Å². The van der Waals surface area contributed by atoms with Crippen LogP contribution in [0.3, 0.4) is 0 Å². The lowest BCUT2D eigenvalue weighted by molar-refractivity contribution is -0.130. The number of para-hydroxylation sites is 1. The van der Waals surface area contributed by atoms with E-state index in [9.17, 15) is 14.4 Å².